The van der Waals surface area contributed by atoms with Crippen molar-refractivity contribution in [1.82, 2.24) is 19.6 Å². The van der Waals surface area contributed by atoms with Gasteiger partial charge in [-0.05, 0) is 24.6 Å². The standard InChI is InChI=1S/C16H14Cl3N5O/c1-2-23-8-12(18)14(21-23)16(25)20-15-13(19)9-24(22-15)7-10-3-5-11(17)6-4-10/h3-6,8-9H,2,7H2,1H3,(H,20,22,25). The third-order valence-corrected chi connectivity index (χ3v) is 4.27. The van der Waals surface area contributed by atoms with Gasteiger partial charge >= 0.3 is 0 Å². The number of nitrogens with one attached hydrogen (secondary N) is 1. The molecule has 0 unspecified atom stereocenters. The van der Waals surface area contributed by atoms with Crippen LogP contribution in [0.15, 0.2) is 36.7 Å². The number of carbonyl (C=O) groups excluding carboxylic acids is 1. The van der Waals surface area contributed by atoms with Crippen LogP contribution >= 0.6 is 34.8 Å². The Balaban J connectivity index is 1.74. The maximum absolute atomic E-state index is 12.3. The van der Waals surface area contributed by atoms with Gasteiger partial charge in [0, 0.05) is 24.0 Å². The van der Waals surface area contributed by atoms with Crippen molar-refractivity contribution in [1.29, 1.82) is 0 Å². The Bertz CT molecular complexity index is 901. The van der Waals surface area contributed by atoms with E-state index in [-0.39, 0.29) is 16.5 Å². The zero-order chi connectivity index (χ0) is 18.0. The van der Waals surface area contributed by atoms with Crippen molar-refractivity contribution in [2.24, 2.45) is 0 Å². The number of nitrogens with zero attached hydrogens (tertiary/aromatic N) is 4. The predicted molar refractivity (Wildman–Crippen MR) is 98.7 cm³/mol. The Morgan fingerprint density at radius 1 is 1.04 bits per heavy atom. The van der Waals surface area contributed by atoms with Crippen LogP contribution in [0.25, 0.3) is 0 Å². The lowest BCUT2D eigenvalue weighted by Gasteiger charge is -2.02. The average Bonchev–Trinajstić information content (AvgIpc) is 3.12. The van der Waals surface area contributed by atoms with Gasteiger partial charge in [-0.2, -0.15) is 10.2 Å². The van der Waals surface area contributed by atoms with E-state index in [9.17, 15) is 4.79 Å². The van der Waals surface area contributed by atoms with Crippen LogP contribution in [0.1, 0.15) is 23.0 Å². The first-order chi connectivity index (χ1) is 12.0. The van der Waals surface area contributed by atoms with Crippen LogP contribution in [0.2, 0.25) is 15.1 Å². The summed E-state index contributed by atoms with van der Waals surface area (Å²) >= 11 is 18.1. The highest BCUT2D eigenvalue weighted by atomic mass is 35.5. The molecule has 1 aromatic carbocycles. The number of rotatable bonds is 5. The molecule has 0 bridgehead atoms. The van der Waals surface area contributed by atoms with Crippen molar-refractivity contribution in [3.63, 3.8) is 0 Å². The molecule has 0 radical (unpaired) electrons. The summed E-state index contributed by atoms with van der Waals surface area (Å²) in [5, 5.41) is 12.3. The molecule has 0 atom stereocenters. The van der Waals surface area contributed by atoms with E-state index >= 15 is 0 Å². The summed E-state index contributed by atoms with van der Waals surface area (Å²) in [7, 11) is 0. The highest BCUT2D eigenvalue weighted by molar-refractivity contribution is 6.35. The first-order valence-corrected chi connectivity index (χ1v) is 8.61. The Hall–Kier alpha value is -2.02. The van der Waals surface area contributed by atoms with E-state index in [4.69, 9.17) is 34.8 Å². The third-order valence-electron chi connectivity index (χ3n) is 3.46. The molecular weight excluding hydrogens is 385 g/mol. The fraction of sp³-hybridized carbons (Fsp3) is 0.188. The largest absolute Gasteiger partial charge is 0.302 e. The van der Waals surface area contributed by atoms with E-state index in [1.807, 2.05) is 19.1 Å². The highest BCUT2D eigenvalue weighted by Crippen LogP contribution is 2.22. The molecule has 0 aliphatic carbocycles. The molecule has 9 heteroatoms. The lowest BCUT2D eigenvalue weighted by atomic mass is 10.2. The van der Waals surface area contributed by atoms with Crippen LogP contribution in [0.3, 0.4) is 0 Å². The zero-order valence-electron chi connectivity index (χ0n) is 13.2. The molecule has 3 aromatic rings. The summed E-state index contributed by atoms with van der Waals surface area (Å²) in [6, 6.07) is 7.40. The Kier molecular flexibility index (Phi) is 5.32. The minimum atomic E-state index is -0.462. The number of benzene rings is 1. The van der Waals surface area contributed by atoms with Gasteiger partial charge in [0.2, 0.25) is 0 Å². The number of halogens is 3. The second-order valence-corrected chi connectivity index (χ2v) is 6.54. The second kappa shape index (κ2) is 7.47. The lowest BCUT2D eigenvalue weighted by molar-refractivity contribution is 0.102. The van der Waals surface area contributed by atoms with E-state index in [0.29, 0.717) is 23.1 Å². The molecule has 0 saturated carbocycles. The van der Waals surface area contributed by atoms with Gasteiger partial charge in [0.25, 0.3) is 5.91 Å². The summed E-state index contributed by atoms with van der Waals surface area (Å²) in [4.78, 5) is 12.3. The molecule has 1 amide bonds. The van der Waals surface area contributed by atoms with Gasteiger partial charge in [0.1, 0.15) is 5.02 Å². The quantitative estimate of drug-likeness (QED) is 0.694. The second-order valence-electron chi connectivity index (χ2n) is 5.29. The molecule has 0 fully saturated rings. The SMILES string of the molecule is CCn1cc(Cl)c(C(=O)Nc2nn(Cc3ccc(Cl)cc3)cc2Cl)n1. The molecular formula is C16H14Cl3N5O. The lowest BCUT2D eigenvalue weighted by Crippen LogP contribution is -2.15. The Morgan fingerprint density at radius 2 is 1.72 bits per heavy atom. The summed E-state index contributed by atoms with van der Waals surface area (Å²) < 4.78 is 3.21. The predicted octanol–water partition coefficient (Wildman–Crippen LogP) is 4.36. The maximum Gasteiger partial charge on any atom is 0.278 e. The minimum absolute atomic E-state index is 0.131. The normalized spacial score (nSPS) is 10.9. The van der Waals surface area contributed by atoms with Gasteiger partial charge < -0.3 is 5.32 Å². The minimum Gasteiger partial charge on any atom is -0.302 e. The van der Waals surface area contributed by atoms with Crippen molar-refractivity contribution in [3.8, 4) is 0 Å². The van der Waals surface area contributed by atoms with Gasteiger partial charge in [-0.1, -0.05) is 46.9 Å². The number of hydrogen-bond acceptors (Lipinski definition) is 3. The Morgan fingerprint density at radius 3 is 2.36 bits per heavy atom. The summed E-state index contributed by atoms with van der Waals surface area (Å²) in [5.41, 5.74) is 1.14. The first kappa shape index (κ1) is 17.8. The average molecular weight is 399 g/mol. The van der Waals surface area contributed by atoms with Crippen LogP contribution in [-0.2, 0) is 13.1 Å². The number of carbonyl (C=O) groups is 1. The van der Waals surface area contributed by atoms with Crippen molar-refractivity contribution in [2.45, 2.75) is 20.0 Å². The summed E-state index contributed by atoms with van der Waals surface area (Å²) in [6.07, 6.45) is 3.23. The van der Waals surface area contributed by atoms with Crippen LogP contribution < -0.4 is 5.32 Å². The molecule has 2 heterocycles. The first-order valence-electron chi connectivity index (χ1n) is 7.48. The molecule has 0 spiro atoms. The Labute approximate surface area is 159 Å². The van der Waals surface area contributed by atoms with E-state index in [1.165, 1.54) is 0 Å². The van der Waals surface area contributed by atoms with Gasteiger partial charge in [-0.15, -0.1) is 0 Å². The van der Waals surface area contributed by atoms with Gasteiger partial charge in [0.15, 0.2) is 11.5 Å². The number of aryl methyl sites for hydroxylation is 1. The van der Waals surface area contributed by atoms with Crippen molar-refractivity contribution < 1.29 is 4.79 Å². The molecule has 130 valence electrons. The number of anilines is 1. The van der Waals surface area contributed by atoms with Gasteiger partial charge in [-0.3, -0.25) is 14.2 Å². The smallest absolute Gasteiger partial charge is 0.278 e. The topological polar surface area (TPSA) is 64.7 Å². The third kappa shape index (κ3) is 4.15. The molecule has 6 nitrogen and oxygen atoms in total. The monoisotopic (exact) mass is 397 g/mol. The van der Waals surface area contributed by atoms with E-state index in [2.05, 4.69) is 15.5 Å². The van der Waals surface area contributed by atoms with Crippen molar-refractivity contribution >= 4 is 46.5 Å². The number of hydrogen-bond donors (Lipinski definition) is 1. The van der Waals surface area contributed by atoms with Crippen LogP contribution in [0.4, 0.5) is 5.82 Å². The van der Waals surface area contributed by atoms with Gasteiger partial charge in [0.05, 0.1) is 11.6 Å². The molecule has 2 aromatic heterocycles. The van der Waals surface area contributed by atoms with Crippen molar-refractivity contribution in [3.05, 3.63) is 63.0 Å². The molecule has 25 heavy (non-hydrogen) atoms. The molecule has 1 N–H and O–H groups in total. The molecule has 0 saturated heterocycles. The van der Waals surface area contributed by atoms with Crippen molar-refractivity contribution in [2.75, 3.05) is 5.32 Å². The summed E-state index contributed by atoms with van der Waals surface area (Å²) in [6.45, 7) is 3.02. The van der Waals surface area contributed by atoms with E-state index in [1.54, 1.807) is 33.9 Å². The summed E-state index contributed by atoms with van der Waals surface area (Å²) in [5.74, 6) is -0.210. The van der Waals surface area contributed by atoms with E-state index in [0.717, 1.165) is 5.56 Å². The zero-order valence-corrected chi connectivity index (χ0v) is 15.5. The number of aromatic nitrogens is 4. The van der Waals surface area contributed by atoms with Crippen LogP contribution in [-0.4, -0.2) is 25.5 Å². The van der Waals surface area contributed by atoms with E-state index < -0.39 is 5.91 Å². The number of amides is 1. The van der Waals surface area contributed by atoms with Crippen LogP contribution in [0.5, 0.6) is 0 Å². The van der Waals surface area contributed by atoms with Gasteiger partial charge in [-0.25, -0.2) is 0 Å². The van der Waals surface area contributed by atoms with Crippen LogP contribution in [0, 0.1) is 0 Å². The fourth-order valence-corrected chi connectivity index (χ4v) is 2.78. The maximum atomic E-state index is 12.3. The molecule has 0 aliphatic heterocycles. The molecule has 3 rings (SSSR count). The highest BCUT2D eigenvalue weighted by Gasteiger charge is 2.18. The molecule has 0 aliphatic rings. The fourth-order valence-electron chi connectivity index (χ4n) is 2.22.